The fraction of sp³-hybridized carbons (Fsp3) is 0.346. The lowest BCUT2D eigenvalue weighted by atomic mass is 9.98. The van der Waals surface area contributed by atoms with Gasteiger partial charge in [-0.2, -0.15) is 4.31 Å². The molecule has 0 spiro atoms. The van der Waals surface area contributed by atoms with E-state index in [1.54, 1.807) is 34.6 Å². The van der Waals surface area contributed by atoms with Gasteiger partial charge in [0.15, 0.2) is 0 Å². The first kappa shape index (κ1) is 22.8. The molecule has 2 aliphatic heterocycles. The van der Waals surface area contributed by atoms with Gasteiger partial charge in [-0.25, -0.2) is 12.8 Å². The van der Waals surface area contributed by atoms with Crippen molar-refractivity contribution in [1.82, 2.24) is 14.2 Å². The molecule has 34 heavy (non-hydrogen) atoms. The van der Waals surface area contributed by atoms with Crippen LogP contribution in [0.5, 0.6) is 0 Å². The van der Waals surface area contributed by atoms with E-state index in [2.05, 4.69) is 11.1 Å². The van der Waals surface area contributed by atoms with Gasteiger partial charge in [0.1, 0.15) is 5.82 Å². The van der Waals surface area contributed by atoms with Crippen LogP contribution in [0.1, 0.15) is 36.8 Å². The van der Waals surface area contributed by atoms with Crippen LogP contribution in [0.2, 0.25) is 0 Å². The Balaban J connectivity index is 1.22. The molecule has 2 aliphatic rings. The number of benzene rings is 2. The van der Waals surface area contributed by atoms with Gasteiger partial charge in [-0.3, -0.25) is 4.79 Å². The number of nitrogens with one attached hydrogen (secondary N) is 1. The monoisotopic (exact) mass is 481 g/mol. The molecule has 1 aromatic heterocycles. The summed E-state index contributed by atoms with van der Waals surface area (Å²) in [7, 11) is -3.47. The zero-order valence-corrected chi connectivity index (χ0v) is 19.8. The van der Waals surface area contributed by atoms with E-state index in [4.69, 9.17) is 0 Å². The normalized spacial score (nSPS) is 17.7. The molecular formula is C26H28FN3O3S. The average molecular weight is 482 g/mol. The number of nitrogens with zero attached hydrogens (tertiary/aromatic N) is 2. The van der Waals surface area contributed by atoms with E-state index in [1.807, 2.05) is 11.1 Å². The van der Waals surface area contributed by atoms with Gasteiger partial charge in [0.2, 0.25) is 15.9 Å². The molecule has 2 aromatic carbocycles. The van der Waals surface area contributed by atoms with E-state index < -0.39 is 10.0 Å². The number of carbonyl (C=O) groups excluding carboxylic acids is 1. The minimum absolute atomic E-state index is 0.0166. The van der Waals surface area contributed by atoms with Crippen molar-refractivity contribution in [2.75, 3.05) is 26.2 Å². The van der Waals surface area contributed by atoms with Crippen molar-refractivity contribution in [3.8, 4) is 0 Å². The Bertz CT molecular complexity index is 1340. The molecule has 0 bridgehead atoms. The number of halogens is 1. The molecular weight excluding hydrogens is 453 g/mol. The first-order chi connectivity index (χ1) is 16.4. The predicted octanol–water partition coefficient (Wildman–Crippen LogP) is 4.34. The lowest BCUT2D eigenvalue weighted by Crippen LogP contribution is -2.36. The van der Waals surface area contributed by atoms with Gasteiger partial charge in [-0.05, 0) is 60.7 Å². The number of hydrogen-bond donors (Lipinski definition) is 1. The van der Waals surface area contributed by atoms with Crippen molar-refractivity contribution in [2.24, 2.45) is 0 Å². The molecule has 5 rings (SSSR count). The number of rotatable bonds is 5. The van der Waals surface area contributed by atoms with Crippen molar-refractivity contribution in [2.45, 2.75) is 37.0 Å². The molecule has 6 nitrogen and oxygen atoms in total. The first-order valence-corrected chi connectivity index (χ1v) is 13.2. The third-order valence-electron chi connectivity index (χ3n) is 6.78. The average Bonchev–Trinajstić information content (AvgIpc) is 3.28. The van der Waals surface area contributed by atoms with E-state index in [1.165, 1.54) is 12.1 Å². The zero-order chi connectivity index (χ0) is 23.7. The number of hydrogen-bond acceptors (Lipinski definition) is 3. The Morgan fingerprint density at radius 3 is 2.47 bits per heavy atom. The largest absolute Gasteiger partial charge is 0.360 e. The van der Waals surface area contributed by atoms with Gasteiger partial charge in [0.25, 0.3) is 0 Å². The molecule has 8 heteroatoms. The van der Waals surface area contributed by atoms with E-state index in [0.29, 0.717) is 26.2 Å². The first-order valence-electron chi connectivity index (χ1n) is 11.7. The van der Waals surface area contributed by atoms with Gasteiger partial charge < -0.3 is 9.88 Å². The van der Waals surface area contributed by atoms with Crippen LogP contribution in [-0.2, 0) is 21.2 Å². The Kier molecular flexibility index (Phi) is 6.27. The van der Waals surface area contributed by atoms with Crippen LogP contribution in [0.4, 0.5) is 4.39 Å². The second-order valence-corrected chi connectivity index (χ2v) is 10.9. The molecule has 0 saturated carbocycles. The van der Waals surface area contributed by atoms with Crippen molar-refractivity contribution in [3.63, 3.8) is 0 Å². The third kappa shape index (κ3) is 4.52. The summed E-state index contributed by atoms with van der Waals surface area (Å²) in [6, 6.07) is 11.4. The highest BCUT2D eigenvalue weighted by Gasteiger charge is 2.26. The molecule has 0 atom stereocenters. The zero-order valence-electron chi connectivity index (χ0n) is 19.0. The molecule has 0 aliphatic carbocycles. The third-order valence-corrected chi connectivity index (χ3v) is 8.70. The van der Waals surface area contributed by atoms with Crippen molar-refractivity contribution in [1.29, 1.82) is 0 Å². The number of piperidine rings is 1. The maximum Gasteiger partial charge on any atom is 0.243 e. The Morgan fingerprint density at radius 2 is 1.76 bits per heavy atom. The molecule has 1 saturated heterocycles. The number of carbonyl (C=O) groups is 1. The lowest BCUT2D eigenvalue weighted by Gasteiger charge is -2.27. The van der Waals surface area contributed by atoms with E-state index in [-0.39, 0.29) is 23.0 Å². The Morgan fingerprint density at radius 1 is 1.00 bits per heavy atom. The maximum atomic E-state index is 13.5. The number of aromatic amines is 1. The van der Waals surface area contributed by atoms with Crippen molar-refractivity contribution in [3.05, 3.63) is 71.7 Å². The fourth-order valence-electron chi connectivity index (χ4n) is 4.82. The topological polar surface area (TPSA) is 73.5 Å². The minimum Gasteiger partial charge on any atom is -0.360 e. The molecule has 0 radical (unpaired) electrons. The SMILES string of the molecule is O=C(Cc1ccc(S(=O)(=O)N2CCCCC2)cc1)N1CC=C(c2c[nH]c3cc(F)ccc23)CC1. The van der Waals surface area contributed by atoms with Gasteiger partial charge in [0.05, 0.1) is 11.3 Å². The molecule has 1 amide bonds. The summed E-state index contributed by atoms with van der Waals surface area (Å²) in [4.78, 5) is 18.1. The minimum atomic E-state index is -3.47. The van der Waals surface area contributed by atoms with Crippen LogP contribution in [0.15, 0.2) is 59.6 Å². The molecule has 178 valence electrons. The molecule has 3 aromatic rings. The smallest absolute Gasteiger partial charge is 0.243 e. The van der Waals surface area contributed by atoms with Crippen LogP contribution >= 0.6 is 0 Å². The highest BCUT2D eigenvalue weighted by atomic mass is 32.2. The van der Waals surface area contributed by atoms with E-state index in [9.17, 15) is 17.6 Å². The Hall–Kier alpha value is -2.97. The fourth-order valence-corrected chi connectivity index (χ4v) is 6.34. The number of amides is 1. The lowest BCUT2D eigenvalue weighted by molar-refractivity contribution is -0.130. The number of H-pyrrole nitrogens is 1. The second kappa shape index (κ2) is 9.35. The highest BCUT2D eigenvalue weighted by Crippen LogP contribution is 2.30. The standard InChI is InChI=1S/C26H28FN3O3S/c27-21-6-9-23-24(18-28-25(23)17-21)20-10-14-29(15-11-20)26(31)16-19-4-7-22(8-5-19)34(32,33)30-12-2-1-3-13-30/h4-10,17-18,28H,1-3,11-16H2. The molecule has 1 fully saturated rings. The van der Waals surface area contributed by atoms with Gasteiger partial charge in [0, 0.05) is 48.8 Å². The second-order valence-electron chi connectivity index (χ2n) is 9.00. The summed E-state index contributed by atoms with van der Waals surface area (Å²) in [6.45, 7) is 2.27. The highest BCUT2D eigenvalue weighted by molar-refractivity contribution is 7.89. The van der Waals surface area contributed by atoms with Gasteiger partial charge >= 0.3 is 0 Å². The maximum absolute atomic E-state index is 13.5. The Labute approximate surface area is 199 Å². The number of fused-ring (bicyclic) bond motifs is 1. The summed E-state index contributed by atoms with van der Waals surface area (Å²) in [5, 5.41) is 0.979. The van der Waals surface area contributed by atoms with E-state index in [0.717, 1.165) is 53.3 Å². The van der Waals surface area contributed by atoms with E-state index >= 15 is 0 Å². The van der Waals surface area contributed by atoms with Crippen LogP contribution in [-0.4, -0.2) is 54.7 Å². The number of sulfonamides is 1. The quantitative estimate of drug-likeness (QED) is 0.589. The molecule has 3 heterocycles. The summed E-state index contributed by atoms with van der Waals surface area (Å²) in [6.07, 6.45) is 7.78. The summed E-state index contributed by atoms with van der Waals surface area (Å²) in [5.41, 5.74) is 3.76. The van der Waals surface area contributed by atoms with Crippen molar-refractivity contribution < 1.29 is 17.6 Å². The summed E-state index contributed by atoms with van der Waals surface area (Å²) < 4.78 is 40.7. The van der Waals surface area contributed by atoms with Crippen LogP contribution in [0.25, 0.3) is 16.5 Å². The van der Waals surface area contributed by atoms with Gasteiger partial charge in [-0.15, -0.1) is 0 Å². The van der Waals surface area contributed by atoms with Crippen LogP contribution in [0.3, 0.4) is 0 Å². The van der Waals surface area contributed by atoms with Crippen LogP contribution < -0.4 is 0 Å². The van der Waals surface area contributed by atoms with Crippen LogP contribution in [0, 0.1) is 5.82 Å². The van der Waals surface area contributed by atoms with Gasteiger partial charge in [-0.1, -0.05) is 24.6 Å². The summed E-state index contributed by atoms with van der Waals surface area (Å²) >= 11 is 0. The number of aromatic nitrogens is 1. The molecule has 0 unspecified atom stereocenters. The summed E-state index contributed by atoms with van der Waals surface area (Å²) in [5.74, 6) is -0.254. The molecule has 1 N–H and O–H groups in total. The van der Waals surface area contributed by atoms with Crippen molar-refractivity contribution >= 4 is 32.4 Å². The predicted molar refractivity (Wildman–Crippen MR) is 130 cm³/mol.